The van der Waals surface area contributed by atoms with Crippen LogP contribution in [0.1, 0.15) is 31.1 Å². The Morgan fingerprint density at radius 3 is 2.86 bits per heavy atom. The number of nitrogens with zero attached hydrogens (tertiary/aromatic N) is 4. The van der Waals surface area contributed by atoms with E-state index in [1.54, 1.807) is 40.1 Å². The van der Waals surface area contributed by atoms with Gasteiger partial charge in [-0.3, -0.25) is 9.59 Å². The Kier molecular flexibility index (Phi) is 5.35. The standard InChI is InChI=1S/C25H23FN4O5/c26-18-5-1-3-15(9-18)23-27-24(35-28-23)16-4-2-8-29(12-16)25(32)17-10-22(31)30(13-17)19-6-7-20-21(11-19)34-14-33-20/h1,3,5-7,9,11,16-17H,2,4,8,10,12-14H2. The van der Waals surface area contributed by atoms with E-state index in [1.165, 1.54) is 12.1 Å². The van der Waals surface area contributed by atoms with Gasteiger partial charge >= 0.3 is 0 Å². The third-order valence-corrected chi connectivity index (χ3v) is 6.75. The molecule has 0 bridgehead atoms. The monoisotopic (exact) mass is 478 g/mol. The second-order valence-corrected chi connectivity index (χ2v) is 9.03. The molecule has 0 radical (unpaired) electrons. The van der Waals surface area contributed by atoms with E-state index in [-0.39, 0.29) is 36.8 Å². The van der Waals surface area contributed by atoms with Crippen LogP contribution in [0.2, 0.25) is 0 Å². The fourth-order valence-corrected chi connectivity index (χ4v) is 4.96. The van der Waals surface area contributed by atoms with E-state index < -0.39 is 5.92 Å². The van der Waals surface area contributed by atoms with Crippen molar-refractivity contribution >= 4 is 17.5 Å². The minimum absolute atomic E-state index is 0.0452. The highest BCUT2D eigenvalue weighted by Gasteiger charge is 2.39. The van der Waals surface area contributed by atoms with Crippen LogP contribution in [0.4, 0.5) is 10.1 Å². The molecule has 1 aromatic heterocycles. The minimum Gasteiger partial charge on any atom is -0.454 e. The summed E-state index contributed by atoms with van der Waals surface area (Å²) in [6.45, 7) is 1.55. The molecule has 0 spiro atoms. The lowest BCUT2D eigenvalue weighted by atomic mass is 9.96. The van der Waals surface area contributed by atoms with Gasteiger partial charge in [0.25, 0.3) is 0 Å². The molecule has 2 unspecified atom stereocenters. The predicted molar refractivity (Wildman–Crippen MR) is 121 cm³/mol. The van der Waals surface area contributed by atoms with Crippen LogP contribution in [0.15, 0.2) is 47.0 Å². The van der Waals surface area contributed by atoms with Gasteiger partial charge in [-0.05, 0) is 37.1 Å². The van der Waals surface area contributed by atoms with E-state index in [9.17, 15) is 14.0 Å². The van der Waals surface area contributed by atoms with Crippen molar-refractivity contribution in [2.24, 2.45) is 5.92 Å². The van der Waals surface area contributed by atoms with Crippen LogP contribution >= 0.6 is 0 Å². The van der Waals surface area contributed by atoms with Crippen molar-refractivity contribution in [2.45, 2.75) is 25.2 Å². The van der Waals surface area contributed by atoms with Gasteiger partial charge in [-0.15, -0.1) is 0 Å². The quantitative estimate of drug-likeness (QED) is 0.567. The molecule has 4 heterocycles. The average Bonchev–Trinajstić information content (AvgIpc) is 3.63. The smallest absolute Gasteiger partial charge is 0.231 e. The number of carbonyl (C=O) groups is 2. The fraction of sp³-hybridized carbons (Fsp3) is 0.360. The number of carbonyl (C=O) groups excluding carboxylic acids is 2. The number of amides is 2. The van der Waals surface area contributed by atoms with Crippen molar-refractivity contribution in [3.63, 3.8) is 0 Å². The number of hydrogen-bond acceptors (Lipinski definition) is 7. The maximum atomic E-state index is 13.6. The van der Waals surface area contributed by atoms with Crippen LogP contribution in [-0.4, -0.2) is 53.3 Å². The third kappa shape index (κ3) is 4.09. The van der Waals surface area contributed by atoms with Crippen LogP contribution in [0.5, 0.6) is 11.5 Å². The molecular formula is C25H23FN4O5. The van der Waals surface area contributed by atoms with Gasteiger partial charge in [0, 0.05) is 43.4 Å². The van der Waals surface area contributed by atoms with Crippen LogP contribution in [0, 0.1) is 11.7 Å². The molecule has 10 heteroatoms. The summed E-state index contributed by atoms with van der Waals surface area (Å²) in [5.41, 5.74) is 1.23. The van der Waals surface area contributed by atoms with Gasteiger partial charge in [0.1, 0.15) is 5.82 Å². The minimum atomic E-state index is -0.419. The number of piperidine rings is 1. The van der Waals surface area contributed by atoms with Crippen LogP contribution < -0.4 is 14.4 Å². The zero-order chi connectivity index (χ0) is 23.9. The summed E-state index contributed by atoms with van der Waals surface area (Å²) >= 11 is 0. The van der Waals surface area contributed by atoms with Crippen LogP contribution in [0.3, 0.4) is 0 Å². The summed E-state index contributed by atoms with van der Waals surface area (Å²) in [6, 6.07) is 11.4. The number of hydrogen-bond donors (Lipinski definition) is 0. The Hall–Kier alpha value is -3.95. The van der Waals surface area contributed by atoms with Gasteiger partial charge in [-0.1, -0.05) is 17.3 Å². The predicted octanol–water partition coefficient (Wildman–Crippen LogP) is 3.36. The third-order valence-electron chi connectivity index (χ3n) is 6.75. The SMILES string of the molecule is O=C(C1CC(=O)N(c2ccc3c(c2)OCO3)C1)N1CCCC(c2nc(-c3cccc(F)c3)no2)C1. The molecular weight excluding hydrogens is 455 g/mol. The lowest BCUT2D eigenvalue weighted by Crippen LogP contribution is -2.43. The van der Waals surface area contributed by atoms with Gasteiger partial charge < -0.3 is 23.8 Å². The maximum absolute atomic E-state index is 13.6. The molecule has 0 saturated carbocycles. The van der Waals surface area contributed by atoms with Gasteiger partial charge in [0.15, 0.2) is 11.5 Å². The highest BCUT2D eigenvalue weighted by molar-refractivity contribution is 6.00. The second kappa shape index (κ2) is 8.68. The molecule has 2 saturated heterocycles. The molecule has 2 atom stereocenters. The zero-order valence-electron chi connectivity index (χ0n) is 18.9. The molecule has 9 nitrogen and oxygen atoms in total. The molecule has 0 aliphatic carbocycles. The van der Waals surface area contributed by atoms with E-state index in [4.69, 9.17) is 14.0 Å². The number of fused-ring (bicyclic) bond motifs is 1. The molecule has 3 aromatic rings. The lowest BCUT2D eigenvalue weighted by molar-refractivity contribution is -0.137. The van der Waals surface area contributed by atoms with Gasteiger partial charge in [-0.2, -0.15) is 4.98 Å². The first-order valence-corrected chi connectivity index (χ1v) is 11.6. The van der Waals surface area contributed by atoms with E-state index in [1.807, 2.05) is 0 Å². The zero-order valence-corrected chi connectivity index (χ0v) is 18.9. The molecule has 2 fully saturated rings. The Bertz CT molecular complexity index is 1290. The van der Waals surface area contributed by atoms with E-state index in [0.29, 0.717) is 54.1 Å². The summed E-state index contributed by atoms with van der Waals surface area (Å²) < 4.78 is 29.8. The van der Waals surface area contributed by atoms with Crippen LogP contribution in [0.25, 0.3) is 11.4 Å². The van der Waals surface area contributed by atoms with E-state index in [0.717, 1.165) is 12.8 Å². The first-order valence-electron chi connectivity index (χ1n) is 11.6. The number of ether oxygens (including phenoxy) is 2. The second-order valence-electron chi connectivity index (χ2n) is 9.03. The number of halogens is 1. The Morgan fingerprint density at radius 1 is 1.09 bits per heavy atom. The topological polar surface area (TPSA) is 98.0 Å². The Morgan fingerprint density at radius 2 is 1.97 bits per heavy atom. The number of rotatable bonds is 4. The number of likely N-dealkylation sites (tertiary alicyclic amines) is 1. The molecule has 3 aliphatic heterocycles. The van der Waals surface area contributed by atoms with Crippen molar-refractivity contribution in [3.05, 3.63) is 54.2 Å². The molecule has 2 aromatic carbocycles. The lowest BCUT2D eigenvalue weighted by Gasteiger charge is -2.32. The first-order chi connectivity index (χ1) is 17.0. The molecule has 35 heavy (non-hydrogen) atoms. The highest BCUT2D eigenvalue weighted by Crippen LogP contribution is 2.38. The summed E-state index contributed by atoms with van der Waals surface area (Å²) in [6.07, 6.45) is 1.76. The van der Waals surface area contributed by atoms with Gasteiger partial charge in [-0.25, -0.2) is 4.39 Å². The maximum Gasteiger partial charge on any atom is 0.231 e. The summed E-state index contributed by atoms with van der Waals surface area (Å²) in [5.74, 6) is 0.972. The van der Waals surface area contributed by atoms with Gasteiger partial charge in [0.2, 0.25) is 30.3 Å². The van der Waals surface area contributed by atoms with Gasteiger partial charge in [0.05, 0.1) is 11.8 Å². The summed E-state index contributed by atoms with van der Waals surface area (Å²) in [5, 5.41) is 4.00. The molecule has 180 valence electrons. The van der Waals surface area contributed by atoms with Crippen molar-refractivity contribution in [1.29, 1.82) is 0 Å². The average molecular weight is 478 g/mol. The van der Waals surface area contributed by atoms with Crippen molar-refractivity contribution in [2.75, 3.05) is 31.3 Å². The Balaban J connectivity index is 1.13. The molecule has 2 amide bonds. The van der Waals surface area contributed by atoms with E-state index in [2.05, 4.69) is 10.1 Å². The number of benzene rings is 2. The normalized spacial score (nSPS) is 21.6. The number of anilines is 1. The first kappa shape index (κ1) is 21.6. The highest BCUT2D eigenvalue weighted by atomic mass is 19.1. The summed E-state index contributed by atoms with van der Waals surface area (Å²) in [7, 11) is 0. The molecule has 6 rings (SSSR count). The van der Waals surface area contributed by atoms with Crippen molar-refractivity contribution in [1.82, 2.24) is 15.0 Å². The Labute approximate surface area is 200 Å². The van der Waals surface area contributed by atoms with Crippen molar-refractivity contribution < 1.29 is 28.0 Å². The van der Waals surface area contributed by atoms with Crippen molar-refractivity contribution in [3.8, 4) is 22.9 Å². The fourth-order valence-electron chi connectivity index (χ4n) is 4.96. The summed E-state index contributed by atoms with van der Waals surface area (Å²) in [4.78, 5) is 34.0. The van der Waals surface area contributed by atoms with E-state index >= 15 is 0 Å². The van der Waals surface area contributed by atoms with Crippen LogP contribution in [-0.2, 0) is 9.59 Å². The molecule has 3 aliphatic rings. The largest absolute Gasteiger partial charge is 0.454 e. The molecule has 0 N–H and O–H groups in total. The number of aromatic nitrogens is 2.